The van der Waals surface area contributed by atoms with Crippen molar-refractivity contribution >= 4 is 5.78 Å². The van der Waals surface area contributed by atoms with Crippen LogP contribution in [0.25, 0.3) is 10.4 Å². The second-order valence-corrected chi connectivity index (χ2v) is 7.44. The number of nitrogens with zero attached hydrogens (tertiary/aromatic N) is 3. The smallest absolute Gasteiger partial charge is 0.139 e. The number of carbonyl (C=O) groups is 1. The Morgan fingerprint density at radius 1 is 1.35 bits per heavy atom. The number of hydrogen-bond donors (Lipinski definition) is 1. The molecule has 1 N–H and O–H groups in total. The maximum absolute atomic E-state index is 12.2. The van der Waals surface area contributed by atoms with Crippen LogP contribution in [-0.2, 0) is 4.79 Å². The van der Waals surface area contributed by atoms with E-state index in [4.69, 9.17) is 5.53 Å². The van der Waals surface area contributed by atoms with Gasteiger partial charge in [-0.2, -0.15) is 0 Å². The molecule has 130 valence electrons. The average molecular weight is 321 g/mol. The first-order valence-corrected chi connectivity index (χ1v) is 9.39. The van der Waals surface area contributed by atoms with E-state index < -0.39 is 6.10 Å². The Balaban J connectivity index is 1.92. The number of unbranched alkanes of at least 4 members (excludes halogenated alkanes) is 3. The van der Waals surface area contributed by atoms with E-state index in [1.54, 1.807) is 0 Å². The number of aliphatic hydroxyl groups is 1. The van der Waals surface area contributed by atoms with E-state index in [1.165, 1.54) is 12.8 Å². The summed E-state index contributed by atoms with van der Waals surface area (Å²) < 4.78 is 0. The number of hydrogen-bond acceptors (Lipinski definition) is 3. The number of rotatable bonds is 9. The SMILES string of the molecule is CCCCCC[C@@H](C[C@H](O)[C@H]1CCCC[C@@]12CCC2=O)N=[N+]=[N-]. The Morgan fingerprint density at radius 3 is 2.78 bits per heavy atom. The molecule has 2 aliphatic carbocycles. The molecule has 0 aromatic rings. The lowest BCUT2D eigenvalue weighted by Gasteiger charge is -2.51. The highest BCUT2D eigenvalue weighted by Crippen LogP contribution is 2.54. The Kier molecular flexibility index (Phi) is 6.91. The van der Waals surface area contributed by atoms with Crippen LogP contribution >= 0.6 is 0 Å². The third-order valence-electron chi connectivity index (χ3n) is 6.04. The van der Waals surface area contributed by atoms with Gasteiger partial charge in [-0.05, 0) is 43.6 Å². The van der Waals surface area contributed by atoms with Crippen LogP contribution in [0, 0.1) is 11.3 Å². The molecule has 5 nitrogen and oxygen atoms in total. The summed E-state index contributed by atoms with van der Waals surface area (Å²) in [5.74, 6) is 0.425. The predicted molar refractivity (Wildman–Crippen MR) is 90.9 cm³/mol. The highest BCUT2D eigenvalue weighted by Gasteiger charge is 2.54. The zero-order valence-corrected chi connectivity index (χ0v) is 14.4. The predicted octanol–water partition coefficient (Wildman–Crippen LogP) is 4.93. The van der Waals surface area contributed by atoms with Crippen molar-refractivity contribution in [3.63, 3.8) is 0 Å². The van der Waals surface area contributed by atoms with Crippen molar-refractivity contribution in [1.29, 1.82) is 0 Å². The van der Waals surface area contributed by atoms with E-state index in [2.05, 4.69) is 16.9 Å². The van der Waals surface area contributed by atoms with Gasteiger partial charge in [-0.25, -0.2) is 0 Å². The molecule has 0 aromatic heterocycles. The third-order valence-corrected chi connectivity index (χ3v) is 6.04. The summed E-state index contributed by atoms with van der Waals surface area (Å²) in [5.41, 5.74) is 8.54. The molecule has 0 bridgehead atoms. The summed E-state index contributed by atoms with van der Waals surface area (Å²) >= 11 is 0. The van der Waals surface area contributed by atoms with Crippen LogP contribution < -0.4 is 0 Å². The fourth-order valence-corrected chi connectivity index (χ4v) is 4.58. The van der Waals surface area contributed by atoms with Gasteiger partial charge >= 0.3 is 0 Å². The van der Waals surface area contributed by atoms with Gasteiger partial charge in [0.1, 0.15) is 5.78 Å². The molecule has 4 atom stereocenters. The molecule has 0 unspecified atom stereocenters. The van der Waals surface area contributed by atoms with Crippen LogP contribution in [0.1, 0.15) is 84.0 Å². The van der Waals surface area contributed by atoms with Crippen molar-refractivity contribution in [3.05, 3.63) is 10.4 Å². The van der Waals surface area contributed by atoms with Gasteiger partial charge < -0.3 is 5.11 Å². The van der Waals surface area contributed by atoms with Crippen LogP contribution in [0.15, 0.2) is 5.11 Å². The first kappa shape index (κ1) is 18.3. The van der Waals surface area contributed by atoms with Crippen molar-refractivity contribution in [2.75, 3.05) is 0 Å². The van der Waals surface area contributed by atoms with E-state index in [9.17, 15) is 9.90 Å². The molecule has 1 spiro atoms. The van der Waals surface area contributed by atoms with E-state index in [0.717, 1.165) is 51.4 Å². The standard InChI is InChI=1S/C18H31N3O2/c1-2-3-4-5-8-14(20-21-19)13-16(22)15-9-6-7-11-18(15)12-10-17(18)23/h14-16,22H,2-13H2,1H3/t14-,15+,16-,18+/m0/s1. The van der Waals surface area contributed by atoms with Crippen LogP contribution in [-0.4, -0.2) is 23.0 Å². The minimum absolute atomic E-state index is 0.0736. The molecule has 0 heterocycles. The molecule has 23 heavy (non-hydrogen) atoms. The average Bonchev–Trinajstić information content (AvgIpc) is 2.57. The van der Waals surface area contributed by atoms with E-state index in [-0.39, 0.29) is 17.4 Å². The van der Waals surface area contributed by atoms with Crippen molar-refractivity contribution in [1.82, 2.24) is 0 Å². The lowest BCUT2D eigenvalue weighted by Crippen LogP contribution is -2.52. The summed E-state index contributed by atoms with van der Waals surface area (Å²) in [7, 11) is 0. The second-order valence-electron chi connectivity index (χ2n) is 7.44. The summed E-state index contributed by atoms with van der Waals surface area (Å²) in [6.07, 6.45) is 11.1. The summed E-state index contributed by atoms with van der Waals surface area (Å²) in [6.45, 7) is 2.17. The topological polar surface area (TPSA) is 86.1 Å². The van der Waals surface area contributed by atoms with Crippen molar-refractivity contribution in [2.45, 2.75) is 96.1 Å². The van der Waals surface area contributed by atoms with Gasteiger partial charge in [0.15, 0.2) is 0 Å². The molecule has 0 amide bonds. The zero-order valence-electron chi connectivity index (χ0n) is 14.4. The molecular weight excluding hydrogens is 290 g/mol. The van der Waals surface area contributed by atoms with Crippen molar-refractivity contribution < 1.29 is 9.90 Å². The number of Topliss-reactive ketones (excluding diaryl/α,β-unsaturated/α-hetero) is 1. The fourth-order valence-electron chi connectivity index (χ4n) is 4.58. The van der Waals surface area contributed by atoms with Gasteiger partial charge in [0.25, 0.3) is 0 Å². The van der Waals surface area contributed by atoms with Crippen LogP contribution in [0.5, 0.6) is 0 Å². The molecule has 0 saturated heterocycles. The lowest BCUT2D eigenvalue weighted by molar-refractivity contribution is -0.152. The quantitative estimate of drug-likeness (QED) is 0.282. The van der Waals surface area contributed by atoms with E-state index in [0.29, 0.717) is 18.6 Å². The normalized spacial score (nSPS) is 29.7. The highest BCUT2D eigenvalue weighted by atomic mass is 16.3. The van der Waals surface area contributed by atoms with Gasteiger partial charge in [-0.15, -0.1) is 0 Å². The minimum Gasteiger partial charge on any atom is -0.393 e. The third kappa shape index (κ3) is 4.27. The Labute approximate surface area is 139 Å². The molecule has 2 saturated carbocycles. The summed E-state index contributed by atoms with van der Waals surface area (Å²) in [5, 5.41) is 14.7. The number of aliphatic hydroxyl groups excluding tert-OH is 1. The summed E-state index contributed by atoms with van der Waals surface area (Å²) in [4.78, 5) is 15.2. The zero-order chi connectivity index (χ0) is 16.7. The molecule has 2 aliphatic rings. The Bertz CT molecular complexity index is 448. The van der Waals surface area contributed by atoms with Crippen LogP contribution in [0.4, 0.5) is 0 Å². The molecule has 5 heteroatoms. The first-order chi connectivity index (χ1) is 11.1. The lowest BCUT2D eigenvalue weighted by atomic mass is 9.53. The van der Waals surface area contributed by atoms with Gasteiger partial charge in [0.05, 0.1) is 6.10 Å². The van der Waals surface area contributed by atoms with E-state index >= 15 is 0 Å². The first-order valence-electron chi connectivity index (χ1n) is 9.39. The van der Waals surface area contributed by atoms with Gasteiger partial charge in [0, 0.05) is 22.8 Å². The van der Waals surface area contributed by atoms with Crippen LogP contribution in [0.3, 0.4) is 0 Å². The molecule has 2 rings (SSSR count). The van der Waals surface area contributed by atoms with Gasteiger partial charge in [-0.3, -0.25) is 4.79 Å². The molecule has 0 aliphatic heterocycles. The molecule has 0 aromatic carbocycles. The maximum Gasteiger partial charge on any atom is 0.139 e. The largest absolute Gasteiger partial charge is 0.393 e. The Morgan fingerprint density at radius 2 is 2.17 bits per heavy atom. The minimum atomic E-state index is -0.513. The maximum atomic E-state index is 12.2. The number of azide groups is 1. The van der Waals surface area contributed by atoms with Gasteiger partial charge in [-0.1, -0.05) is 50.6 Å². The number of carbonyl (C=O) groups excluding carboxylic acids is 1. The fraction of sp³-hybridized carbons (Fsp3) is 0.944. The molecule has 2 fully saturated rings. The second kappa shape index (κ2) is 8.70. The van der Waals surface area contributed by atoms with Crippen molar-refractivity contribution in [3.8, 4) is 0 Å². The Hall–Kier alpha value is -1.06. The van der Waals surface area contributed by atoms with Crippen LogP contribution in [0.2, 0.25) is 0 Å². The molecular formula is C18H31N3O2. The van der Waals surface area contributed by atoms with Crippen molar-refractivity contribution in [2.24, 2.45) is 16.4 Å². The summed E-state index contributed by atoms with van der Waals surface area (Å²) in [6, 6.07) is -0.138. The monoisotopic (exact) mass is 321 g/mol. The van der Waals surface area contributed by atoms with E-state index in [1.807, 2.05) is 0 Å². The van der Waals surface area contributed by atoms with Gasteiger partial charge in [0.2, 0.25) is 0 Å². The highest BCUT2D eigenvalue weighted by molar-refractivity contribution is 5.90. The number of ketones is 1. The molecule has 0 radical (unpaired) electrons.